The fraction of sp³-hybridized carbons (Fsp3) is 0.929. The van der Waals surface area contributed by atoms with Crippen LogP contribution in [0.5, 0.6) is 0 Å². The van der Waals surface area contributed by atoms with Gasteiger partial charge in [-0.15, -0.1) is 0 Å². The van der Waals surface area contributed by atoms with Gasteiger partial charge in [-0.3, -0.25) is 4.79 Å². The molecule has 104 valence electrons. The number of hydrogen-bond donors (Lipinski definition) is 1. The molecule has 0 radical (unpaired) electrons. The van der Waals surface area contributed by atoms with Gasteiger partial charge in [0, 0.05) is 32.3 Å². The Bertz CT molecular complexity index is 283. The Morgan fingerprint density at radius 2 is 2.17 bits per heavy atom. The smallest absolute Gasteiger partial charge is 0.225 e. The number of ether oxygens (including phenoxy) is 1. The van der Waals surface area contributed by atoms with Crippen molar-refractivity contribution in [2.24, 2.45) is 11.8 Å². The maximum absolute atomic E-state index is 12.2. The highest BCUT2D eigenvalue weighted by atomic mass is 16.5. The lowest BCUT2D eigenvalue weighted by molar-refractivity contribution is -0.133. The van der Waals surface area contributed by atoms with Gasteiger partial charge in [0.1, 0.15) is 0 Å². The number of carbonyl (C=O) groups excluding carboxylic acids is 1. The van der Waals surface area contributed by atoms with Crippen molar-refractivity contribution in [2.75, 3.05) is 32.8 Å². The van der Waals surface area contributed by atoms with Gasteiger partial charge in [-0.25, -0.2) is 0 Å². The van der Waals surface area contributed by atoms with E-state index in [2.05, 4.69) is 24.1 Å². The molecule has 2 saturated heterocycles. The summed E-state index contributed by atoms with van der Waals surface area (Å²) < 4.78 is 5.42. The molecule has 0 spiro atoms. The zero-order valence-electron chi connectivity index (χ0n) is 11.7. The van der Waals surface area contributed by atoms with Gasteiger partial charge in [0.05, 0.1) is 13.0 Å². The standard InChI is InChI=1S/C14H26N2O2/c1-3-6-18-7-5-14(17)16-10-11-8-15-9-12(11)13(16)4-2/h11-13,15H,3-10H2,1-2H3. The van der Waals surface area contributed by atoms with Crippen LogP contribution in [-0.2, 0) is 9.53 Å². The Labute approximate surface area is 110 Å². The molecule has 0 saturated carbocycles. The number of nitrogens with one attached hydrogen (secondary N) is 1. The molecule has 0 aliphatic carbocycles. The van der Waals surface area contributed by atoms with Gasteiger partial charge in [0.2, 0.25) is 5.91 Å². The highest BCUT2D eigenvalue weighted by molar-refractivity contribution is 5.77. The number of nitrogens with zero attached hydrogens (tertiary/aromatic N) is 1. The number of rotatable bonds is 6. The van der Waals surface area contributed by atoms with Crippen molar-refractivity contribution >= 4 is 5.91 Å². The molecule has 1 amide bonds. The van der Waals surface area contributed by atoms with Crippen molar-refractivity contribution in [3.63, 3.8) is 0 Å². The van der Waals surface area contributed by atoms with Crippen LogP contribution >= 0.6 is 0 Å². The predicted molar refractivity (Wildman–Crippen MR) is 71.4 cm³/mol. The summed E-state index contributed by atoms with van der Waals surface area (Å²) in [5.41, 5.74) is 0. The van der Waals surface area contributed by atoms with Crippen molar-refractivity contribution in [1.29, 1.82) is 0 Å². The summed E-state index contributed by atoms with van der Waals surface area (Å²) in [6.07, 6.45) is 2.64. The van der Waals surface area contributed by atoms with Gasteiger partial charge in [0.25, 0.3) is 0 Å². The molecule has 0 aromatic heterocycles. The molecule has 3 atom stereocenters. The second-order valence-corrected chi connectivity index (χ2v) is 5.47. The van der Waals surface area contributed by atoms with E-state index in [0.717, 1.165) is 39.1 Å². The van der Waals surface area contributed by atoms with E-state index in [1.54, 1.807) is 0 Å². The van der Waals surface area contributed by atoms with Crippen LogP contribution in [-0.4, -0.2) is 49.7 Å². The average Bonchev–Trinajstić information content (AvgIpc) is 2.93. The molecule has 2 rings (SSSR count). The average molecular weight is 254 g/mol. The molecule has 1 N–H and O–H groups in total. The second kappa shape index (κ2) is 6.53. The van der Waals surface area contributed by atoms with Gasteiger partial charge in [-0.05, 0) is 24.7 Å². The van der Waals surface area contributed by atoms with E-state index >= 15 is 0 Å². The number of hydrogen-bond acceptors (Lipinski definition) is 3. The first-order valence-electron chi connectivity index (χ1n) is 7.35. The number of carbonyl (C=O) groups is 1. The lowest BCUT2D eigenvalue weighted by Crippen LogP contribution is -2.39. The summed E-state index contributed by atoms with van der Waals surface area (Å²) in [7, 11) is 0. The van der Waals surface area contributed by atoms with E-state index in [9.17, 15) is 4.79 Å². The van der Waals surface area contributed by atoms with Crippen LogP contribution in [0.3, 0.4) is 0 Å². The Hall–Kier alpha value is -0.610. The molecule has 18 heavy (non-hydrogen) atoms. The molecule has 0 aromatic carbocycles. The third-order valence-corrected chi connectivity index (χ3v) is 4.27. The highest BCUT2D eigenvalue weighted by Crippen LogP contribution is 2.34. The SMILES string of the molecule is CCCOCCC(=O)N1CC2CNCC2C1CC. The van der Waals surface area contributed by atoms with Crippen LogP contribution in [0.25, 0.3) is 0 Å². The highest BCUT2D eigenvalue weighted by Gasteiger charge is 2.44. The first-order valence-corrected chi connectivity index (χ1v) is 7.35. The maximum atomic E-state index is 12.2. The van der Waals surface area contributed by atoms with E-state index in [4.69, 9.17) is 4.74 Å². The summed E-state index contributed by atoms with van der Waals surface area (Å²) >= 11 is 0. The van der Waals surface area contributed by atoms with E-state index in [1.807, 2.05) is 0 Å². The van der Waals surface area contributed by atoms with Crippen molar-refractivity contribution in [2.45, 2.75) is 39.2 Å². The molecule has 2 heterocycles. The van der Waals surface area contributed by atoms with Crippen LogP contribution in [0.2, 0.25) is 0 Å². The number of amides is 1. The van der Waals surface area contributed by atoms with Crippen LogP contribution in [0.1, 0.15) is 33.1 Å². The van der Waals surface area contributed by atoms with E-state index in [1.165, 1.54) is 0 Å². The summed E-state index contributed by atoms with van der Waals surface area (Å²) in [6.45, 7) is 8.73. The summed E-state index contributed by atoms with van der Waals surface area (Å²) in [5.74, 6) is 1.64. The third kappa shape index (κ3) is 2.86. The largest absolute Gasteiger partial charge is 0.381 e. The fourth-order valence-corrected chi connectivity index (χ4v) is 3.38. The summed E-state index contributed by atoms with van der Waals surface area (Å²) in [4.78, 5) is 14.4. The lowest BCUT2D eigenvalue weighted by Gasteiger charge is -2.27. The summed E-state index contributed by atoms with van der Waals surface area (Å²) in [6, 6.07) is 0.448. The minimum atomic E-state index is 0.285. The van der Waals surface area contributed by atoms with Gasteiger partial charge < -0.3 is 15.0 Å². The van der Waals surface area contributed by atoms with Crippen LogP contribution < -0.4 is 5.32 Å². The minimum Gasteiger partial charge on any atom is -0.381 e. The first kappa shape index (κ1) is 13.8. The van der Waals surface area contributed by atoms with Crippen LogP contribution in [0.4, 0.5) is 0 Å². The van der Waals surface area contributed by atoms with Crippen LogP contribution in [0, 0.1) is 11.8 Å². The third-order valence-electron chi connectivity index (χ3n) is 4.27. The minimum absolute atomic E-state index is 0.285. The van der Waals surface area contributed by atoms with E-state index < -0.39 is 0 Å². The molecular formula is C14H26N2O2. The monoisotopic (exact) mass is 254 g/mol. The van der Waals surface area contributed by atoms with Crippen LogP contribution in [0.15, 0.2) is 0 Å². The topological polar surface area (TPSA) is 41.6 Å². The predicted octanol–water partition coefficient (Wildman–Crippen LogP) is 1.26. The molecule has 2 fully saturated rings. The molecule has 4 heteroatoms. The number of fused-ring (bicyclic) bond motifs is 1. The Morgan fingerprint density at radius 3 is 2.89 bits per heavy atom. The van der Waals surface area contributed by atoms with Crippen molar-refractivity contribution < 1.29 is 9.53 Å². The first-order chi connectivity index (χ1) is 8.77. The van der Waals surface area contributed by atoms with Gasteiger partial charge in [-0.1, -0.05) is 13.8 Å². The molecule has 2 aliphatic heterocycles. The quantitative estimate of drug-likeness (QED) is 0.726. The fourth-order valence-electron chi connectivity index (χ4n) is 3.38. The van der Waals surface area contributed by atoms with Crippen molar-refractivity contribution in [3.05, 3.63) is 0 Å². The summed E-state index contributed by atoms with van der Waals surface area (Å²) in [5, 5.41) is 3.45. The number of likely N-dealkylation sites (tertiary alicyclic amines) is 1. The van der Waals surface area contributed by atoms with Crippen molar-refractivity contribution in [3.8, 4) is 0 Å². The molecule has 4 nitrogen and oxygen atoms in total. The molecule has 0 bridgehead atoms. The maximum Gasteiger partial charge on any atom is 0.225 e. The Morgan fingerprint density at radius 1 is 1.33 bits per heavy atom. The zero-order chi connectivity index (χ0) is 13.0. The molecular weight excluding hydrogens is 228 g/mol. The Kier molecular flexibility index (Phi) is 5.01. The Balaban J connectivity index is 1.82. The van der Waals surface area contributed by atoms with Gasteiger partial charge in [0.15, 0.2) is 0 Å². The van der Waals surface area contributed by atoms with Gasteiger partial charge >= 0.3 is 0 Å². The van der Waals surface area contributed by atoms with Gasteiger partial charge in [-0.2, -0.15) is 0 Å². The normalized spacial score (nSPS) is 30.8. The zero-order valence-corrected chi connectivity index (χ0v) is 11.7. The van der Waals surface area contributed by atoms with Crippen molar-refractivity contribution in [1.82, 2.24) is 10.2 Å². The van der Waals surface area contributed by atoms with E-state index in [0.29, 0.717) is 30.9 Å². The molecule has 2 aliphatic rings. The van der Waals surface area contributed by atoms with E-state index in [-0.39, 0.29) is 5.91 Å². The lowest BCUT2D eigenvalue weighted by atomic mass is 9.93. The molecule has 0 aromatic rings. The second-order valence-electron chi connectivity index (χ2n) is 5.47. The molecule has 3 unspecified atom stereocenters.